The molecule has 0 atom stereocenters. The van der Waals surface area contributed by atoms with Crippen molar-refractivity contribution >= 4 is 54.1 Å². The molecule has 0 aliphatic rings. The summed E-state index contributed by atoms with van der Waals surface area (Å²) in [5, 5.41) is 9.20. The summed E-state index contributed by atoms with van der Waals surface area (Å²) in [6.45, 7) is 0. The third-order valence-electron chi connectivity index (χ3n) is 12.0. The Labute approximate surface area is 358 Å². The summed E-state index contributed by atoms with van der Waals surface area (Å²) >= 11 is 0. The molecule has 0 N–H and O–H groups in total. The number of para-hydroxylation sites is 2. The normalized spacial score (nSPS) is 11.5. The summed E-state index contributed by atoms with van der Waals surface area (Å²) in [5.41, 5.74) is 12.4. The Morgan fingerprint density at radius 1 is 0.210 bits per heavy atom. The molecule has 12 aromatic rings. The lowest BCUT2D eigenvalue weighted by Gasteiger charge is -2.12. The van der Waals surface area contributed by atoms with Crippen LogP contribution in [0.2, 0.25) is 0 Å². The van der Waals surface area contributed by atoms with Crippen molar-refractivity contribution in [3.05, 3.63) is 218 Å². The predicted octanol–water partition coefficient (Wildman–Crippen LogP) is 15.0. The molecule has 0 spiro atoms. The molecule has 0 bridgehead atoms. The summed E-state index contributed by atoms with van der Waals surface area (Å²) < 4.78 is 0. The molecule has 10 aromatic carbocycles. The second kappa shape index (κ2) is 14.7. The molecule has 4 nitrogen and oxygen atoms in total. The number of hydrogen-bond donors (Lipinski definition) is 0. The fourth-order valence-corrected chi connectivity index (χ4v) is 8.75. The van der Waals surface area contributed by atoms with E-state index in [0.717, 1.165) is 71.8 Å². The third-order valence-corrected chi connectivity index (χ3v) is 12.0. The lowest BCUT2D eigenvalue weighted by atomic mass is 9.98. The summed E-state index contributed by atoms with van der Waals surface area (Å²) in [6, 6.07) is 77.1. The molecule has 0 fully saturated rings. The van der Waals surface area contributed by atoms with Crippen LogP contribution < -0.4 is 0 Å². The van der Waals surface area contributed by atoms with Crippen molar-refractivity contribution in [3.63, 3.8) is 0 Å². The number of benzene rings is 10. The van der Waals surface area contributed by atoms with Gasteiger partial charge in [0.05, 0.1) is 22.4 Å². The maximum absolute atomic E-state index is 5.24. The van der Waals surface area contributed by atoms with Gasteiger partial charge in [-0.05, 0) is 91.0 Å². The van der Waals surface area contributed by atoms with Crippen LogP contribution in [0, 0.1) is 0 Å². The Hall–Kier alpha value is -8.34. The first kappa shape index (κ1) is 35.6. The average molecular weight is 789 g/mol. The zero-order valence-electron chi connectivity index (χ0n) is 33.6. The van der Waals surface area contributed by atoms with Gasteiger partial charge in [-0.15, -0.1) is 0 Å². The van der Waals surface area contributed by atoms with E-state index in [1.807, 2.05) is 12.1 Å². The van der Waals surface area contributed by atoms with Crippen LogP contribution in [0.4, 0.5) is 0 Å². The topological polar surface area (TPSA) is 51.6 Å². The molecule has 0 amide bonds. The van der Waals surface area contributed by atoms with E-state index in [1.54, 1.807) is 0 Å². The number of rotatable bonds is 6. The number of fused-ring (bicyclic) bond motifs is 5. The van der Waals surface area contributed by atoms with Gasteiger partial charge in [0.15, 0.2) is 11.6 Å². The van der Waals surface area contributed by atoms with E-state index in [1.165, 1.54) is 38.2 Å². The standard InChI is InChI=1S/C58H36N4/c1-3-11-43-33-45(27-21-37(43)9-1)39-17-23-41(24-18-39)55-51-13-5-7-15-53(51)60-58(61-55)50-32-30-47-35-49(31-29-48(47)36-50)56-52-14-6-8-16-54(52)59-57(62-56)42-25-19-40(20-26-42)46-28-22-38-10-2-4-12-44(38)34-46/h1-36H. The van der Waals surface area contributed by atoms with Gasteiger partial charge in [0.2, 0.25) is 0 Å². The second-order valence-electron chi connectivity index (χ2n) is 15.9. The first-order valence-electron chi connectivity index (χ1n) is 20.9. The van der Waals surface area contributed by atoms with Crippen LogP contribution in [-0.4, -0.2) is 19.9 Å². The minimum Gasteiger partial charge on any atom is -0.228 e. The maximum atomic E-state index is 5.24. The summed E-state index contributed by atoms with van der Waals surface area (Å²) in [7, 11) is 0. The van der Waals surface area contributed by atoms with Gasteiger partial charge in [-0.25, -0.2) is 19.9 Å². The van der Waals surface area contributed by atoms with Crippen molar-refractivity contribution in [2.75, 3.05) is 0 Å². The van der Waals surface area contributed by atoms with Crippen LogP contribution in [0.25, 0.3) is 122 Å². The van der Waals surface area contributed by atoms with E-state index < -0.39 is 0 Å². The Morgan fingerprint density at radius 2 is 0.548 bits per heavy atom. The fourth-order valence-electron chi connectivity index (χ4n) is 8.75. The number of hydrogen-bond acceptors (Lipinski definition) is 4. The molecule has 0 saturated heterocycles. The van der Waals surface area contributed by atoms with Gasteiger partial charge >= 0.3 is 0 Å². The monoisotopic (exact) mass is 788 g/mol. The largest absolute Gasteiger partial charge is 0.228 e. The van der Waals surface area contributed by atoms with Gasteiger partial charge in [-0.1, -0.05) is 182 Å². The SMILES string of the molecule is c1ccc2cc(-c3ccc(-c4nc(-c5ccc6cc(-c7nc(-c8ccc(-c9ccc%10ccccc%10c9)cc8)c8ccccc8n7)ccc6c5)c5ccccc5n4)cc3)ccc2c1. The highest BCUT2D eigenvalue weighted by molar-refractivity contribution is 5.99. The first-order valence-corrected chi connectivity index (χ1v) is 20.9. The van der Waals surface area contributed by atoms with Crippen molar-refractivity contribution in [1.82, 2.24) is 19.9 Å². The van der Waals surface area contributed by atoms with E-state index in [4.69, 9.17) is 19.9 Å². The van der Waals surface area contributed by atoms with Crippen molar-refractivity contribution in [2.24, 2.45) is 0 Å². The summed E-state index contributed by atoms with van der Waals surface area (Å²) in [4.78, 5) is 20.6. The molecule has 12 rings (SSSR count). The quantitative estimate of drug-likeness (QED) is 0.168. The lowest BCUT2D eigenvalue weighted by molar-refractivity contribution is 1.23. The Balaban J connectivity index is 0.877. The van der Waals surface area contributed by atoms with Gasteiger partial charge in [0, 0.05) is 33.0 Å². The molecule has 0 aliphatic heterocycles. The highest BCUT2D eigenvalue weighted by atomic mass is 14.9. The van der Waals surface area contributed by atoms with E-state index in [2.05, 4.69) is 206 Å². The first-order chi connectivity index (χ1) is 30.7. The lowest BCUT2D eigenvalue weighted by Crippen LogP contribution is -1.96. The molecule has 2 aromatic heterocycles. The number of aromatic nitrogens is 4. The van der Waals surface area contributed by atoms with Crippen LogP contribution >= 0.6 is 0 Å². The minimum absolute atomic E-state index is 0.696. The van der Waals surface area contributed by atoms with Gasteiger partial charge in [-0.2, -0.15) is 0 Å². The van der Waals surface area contributed by atoms with Gasteiger partial charge in [-0.3, -0.25) is 0 Å². The fraction of sp³-hybridized carbons (Fsp3) is 0. The van der Waals surface area contributed by atoms with Gasteiger partial charge in [0.1, 0.15) is 0 Å². The minimum atomic E-state index is 0.696. The average Bonchev–Trinajstić information content (AvgIpc) is 3.35. The molecule has 0 saturated carbocycles. The van der Waals surface area contributed by atoms with E-state index in [9.17, 15) is 0 Å². The molecule has 0 radical (unpaired) electrons. The maximum Gasteiger partial charge on any atom is 0.160 e. The van der Waals surface area contributed by atoms with E-state index >= 15 is 0 Å². The Kier molecular flexibility index (Phi) is 8.46. The van der Waals surface area contributed by atoms with Crippen molar-refractivity contribution in [2.45, 2.75) is 0 Å². The van der Waals surface area contributed by atoms with Crippen LogP contribution in [0.1, 0.15) is 0 Å². The molecule has 62 heavy (non-hydrogen) atoms. The zero-order valence-corrected chi connectivity index (χ0v) is 33.6. The molecule has 4 heteroatoms. The Morgan fingerprint density at radius 3 is 1.11 bits per heavy atom. The molecule has 0 aliphatic carbocycles. The number of nitrogens with zero attached hydrogens (tertiary/aromatic N) is 4. The summed E-state index contributed by atoms with van der Waals surface area (Å²) in [6.07, 6.45) is 0. The van der Waals surface area contributed by atoms with Crippen molar-refractivity contribution in [3.8, 4) is 67.5 Å². The zero-order chi connectivity index (χ0) is 41.0. The molecular weight excluding hydrogens is 753 g/mol. The van der Waals surface area contributed by atoms with Crippen LogP contribution in [0.15, 0.2) is 218 Å². The smallest absolute Gasteiger partial charge is 0.160 e. The summed E-state index contributed by atoms with van der Waals surface area (Å²) in [5.74, 6) is 1.40. The van der Waals surface area contributed by atoms with Crippen LogP contribution in [0.5, 0.6) is 0 Å². The van der Waals surface area contributed by atoms with E-state index in [0.29, 0.717) is 11.6 Å². The van der Waals surface area contributed by atoms with Crippen molar-refractivity contribution in [1.29, 1.82) is 0 Å². The molecule has 2 heterocycles. The van der Waals surface area contributed by atoms with Crippen LogP contribution in [-0.2, 0) is 0 Å². The third kappa shape index (κ3) is 6.42. The molecule has 0 unspecified atom stereocenters. The molecular formula is C58H36N4. The van der Waals surface area contributed by atoms with E-state index in [-0.39, 0.29) is 0 Å². The predicted molar refractivity (Wildman–Crippen MR) is 258 cm³/mol. The highest BCUT2D eigenvalue weighted by Crippen LogP contribution is 2.36. The Bertz CT molecular complexity index is 3690. The van der Waals surface area contributed by atoms with Crippen molar-refractivity contribution < 1.29 is 0 Å². The van der Waals surface area contributed by atoms with Crippen LogP contribution in [0.3, 0.4) is 0 Å². The molecule has 288 valence electrons. The highest BCUT2D eigenvalue weighted by Gasteiger charge is 2.15. The van der Waals surface area contributed by atoms with Gasteiger partial charge < -0.3 is 0 Å². The second-order valence-corrected chi connectivity index (χ2v) is 15.9. The van der Waals surface area contributed by atoms with Gasteiger partial charge in [0.25, 0.3) is 0 Å².